The molecule has 104 valence electrons. The average molecular weight is 262 g/mol. The lowest BCUT2D eigenvalue weighted by Gasteiger charge is -2.32. The Bertz CT molecular complexity index is 451. The highest BCUT2D eigenvalue weighted by atomic mass is 16.4. The van der Waals surface area contributed by atoms with Gasteiger partial charge in [0.15, 0.2) is 0 Å². The number of carboxylic acids is 1. The number of likely N-dealkylation sites (tertiary alicyclic amines) is 1. The van der Waals surface area contributed by atoms with Crippen molar-refractivity contribution in [2.24, 2.45) is 0 Å². The quantitative estimate of drug-likeness (QED) is 0.875. The number of hydrogen-bond acceptors (Lipinski definition) is 3. The monoisotopic (exact) mass is 262 g/mol. The van der Waals surface area contributed by atoms with E-state index in [2.05, 4.69) is 17.1 Å². The van der Waals surface area contributed by atoms with Crippen molar-refractivity contribution in [2.45, 2.75) is 32.7 Å². The molecule has 2 N–H and O–H groups in total. The number of carbonyl (C=O) groups is 1. The predicted molar refractivity (Wildman–Crippen MR) is 76.9 cm³/mol. The molecule has 2 rings (SSSR count). The number of benzene rings is 1. The highest BCUT2D eigenvalue weighted by Gasteiger charge is 2.18. The van der Waals surface area contributed by atoms with E-state index in [0.717, 1.165) is 43.7 Å². The molecule has 1 aromatic rings. The molecule has 0 aliphatic carbocycles. The van der Waals surface area contributed by atoms with Crippen LogP contribution in [0.3, 0.4) is 0 Å². The highest BCUT2D eigenvalue weighted by molar-refractivity contribution is 5.88. The number of nitrogens with one attached hydrogen (secondary N) is 1. The Kier molecular flexibility index (Phi) is 4.43. The lowest BCUT2D eigenvalue weighted by molar-refractivity contribution is 0.0697. The molecular weight excluding hydrogens is 240 g/mol. The molecule has 4 nitrogen and oxygen atoms in total. The summed E-state index contributed by atoms with van der Waals surface area (Å²) in [4.78, 5) is 13.4. The number of carboxylic acid groups (broad SMARTS) is 1. The second kappa shape index (κ2) is 6.06. The second-order valence-electron chi connectivity index (χ2n) is 5.19. The van der Waals surface area contributed by atoms with Crippen molar-refractivity contribution >= 4 is 11.7 Å². The first-order valence-electron chi connectivity index (χ1n) is 6.93. The van der Waals surface area contributed by atoms with Crippen LogP contribution in [0.5, 0.6) is 0 Å². The van der Waals surface area contributed by atoms with E-state index in [1.54, 1.807) is 12.1 Å². The van der Waals surface area contributed by atoms with Crippen LogP contribution < -0.4 is 5.32 Å². The molecule has 0 bridgehead atoms. The van der Waals surface area contributed by atoms with Gasteiger partial charge in [0.05, 0.1) is 5.56 Å². The Labute approximate surface area is 114 Å². The summed E-state index contributed by atoms with van der Waals surface area (Å²) in [6.45, 7) is 7.55. The summed E-state index contributed by atoms with van der Waals surface area (Å²) >= 11 is 0. The van der Waals surface area contributed by atoms with Crippen LogP contribution in [0.2, 0.25) is 0 Å². The Hall–Kier alpha value is -1.55. The highest BCUT2D eigenvalue weighted by Crippen LogP contribution is 2.21. The Morgan fingerprint density at radius 3 is 2.63 bits per heavy atom. The Morgan fingerprint density at radius 2 is 2.11 bits per heavy atom. The molecule has 1 heterocycles. The standard InChI is InChI=1S/C15H22N2O2/c1-3-17-8-6-13(7-9-17)16-14-5-4-12(15(18)19)10-11(14)2/h4-5,10,13,16H,3,6-9H2,1-2H3,(H,18,19). The summed E-state index contributed by atoms with van der Waals surface area (Å²) in [7, 11) is 0. The maximum Gasteiger partial charge on any atom is 0.335 e. The zero-order valence-electron chi connectivity index (χ0n) is 11.6. The van der Waals surface area contributed by atoms with Crippen LogP contribution in [0.4, 0.5) is 5.69 Å². The first-order valence-corrected chi connectivity index (χ1v) is 6.93. The maximum atomic E-state index is 10.9. The Balaban J connectivity index is 1.98. The fourth-order valence-electron chi connectivity index (χ4n) is 2.57. The topological polar surface area (TPSA) is 52.6 Å². The van der Waals surface area contributed by atoms with E-state index in [9.17, 15) is 4.79 Å². The largest absolute Gasteiger partial charge is 0.478 e. The minimum Gasteiger partial charge on any atom is -0.478 e. The summed E-state index contributed by atoms with van der Waals surface area (Å²) in [6, 6.07) is 5.77. The lowest BCUT2D eigenvalue weighted by Crippen LogP contribution is -2.38. The van der Waals surface area contributed by atoms with Crippen molar-refractivity contribution in [1.82, 2.24) is 4.90 Å². The number of rotatable bonds is 4. The number of aryl methyl sites for hydroxylation is 1. The van der Waals surface area contributed by atoms with Crippen LogP contribution in [0.15, 0.2) is 18.2 Å². The second-order valence-corrected chi connectivity index (χ2v) is 5.19. The Morgan fingerprint density at radius 1 is 1.42 bits per heavy atom. The number of piperidine rings is 1. The van der Waals surface area contributed by atoms with E-state index in [1.165, 1.54) is 0 Å². The van der Waals surface area contributed by atoms with Crippen LogP contribution in [0, 0.1) is 6.92 Å². The summed E-state index contributed by atoms with van der Waals surface area (Å²) in [5.74, 6) is -0.870. The molecule has 1 aromatic carbocycles. The van der Waals surface area contributed by atoms with Gasteiger partial charge in [-0.1, -0.05) is 6.92 Å². The van der Waals surface area contributed by atoms with Gasteiger partial charge in [-0.25, -0.2) is 4.79 Å². The zero-order valence-corrected chi connectivity index (χ0v) is 11.6. The van der Waals surface area contributed by atoms with Gasteiger partial charge in [-0.05, 0) is 50.1 Å². The van der Waals surface area contributed by atoms with E-state index < -0.39 is 5.97 Å². The van der Waals surface area contributed by atoms with Gasteiger partial charge in [-0.15, -0.1) is 0 Å². The van der Waals surface area contributed by atoms with E-state index in [-0.39, 0.29) is 0 Å². The van der Waals surface area contributed by atoms with Crippen LogP contribution in [0.25, 0.3) is 0 Å². The van der Waals surface area contributed by atoms with E-state index in [1.807, 2.05) is 13.0 Å². The first-order chi connectivity index (χ1) is 9.10. The minimum atomic E-state index is -0.870. The van der Waals surface area contributed by atoms with Crippen LogP contribution in [-0.2, 0) is 0 Å². The molecule has 19 heavy (non-hydrogen) atoms. The van der Waals surface area contributed by atoms with Gasteiger partial charge in [0, 0.05) is 24.8 Å². The molecular formula is C15H22N2O2. The summed E-state index contributed by atoms with van der Waals surface area (Å²) in [5, 5.41) is 12.5. The molecule has 0 atom stereocenters. The molecule has 0 saturated carbocycles. The molecule has 0 radical (unpaired) electrons. The van der Waals surface area contributed by atoms with E-state index in [0.29, 0.717) is 11.6 Å². The fraction of sp³-hybridized carbons (Fsp3) is 0.533. The van der Waals surface area contributed by atoms with Gasteiger partial charge >= 0.3 is 5.97 Å². The summed E-state index contributed by atoms with van der Waals surface area (Å²) < 4.78 is 0. The zero-order chi connectivity index (χ0) is 13.8. The number of aromatic carboxylic acids is 1. The van der Waals surface area contributed by atoms with E-state index >= 15 is 0 Å². The third-order valence-electron chi connectivity index (χ3n) is 3.87. The van der Waals surface area contributed by atoms with Crippen molar-refractivity contribution in [3.63, 3.8) is 0 Å². The third-order valence-corrected chi connectivity index (χ3v) is 3.87. The normalized spacial score (nSPS) is 17.4. The summed E-state index contributed by atoms with van der Waals surface area (Å²) in [6.07, 6.45) is 2.29. The van der Waals surface area contributed by atoms with Crippen molar-refractivity contribution in [3.8, 4) is 0 Å². The van der Waals surface area contributed by atoms with Gasteiger partial charge in [0.25, 0.3) is 0 Å². The molecule has 0 spiro atoms. The van der Waals surface area contributed by atoms with Crippen LogP contribution >= 0.6 is 0 Å². The van der Waals surface area contributed by atoms with Gasteiger partial charge in [0.1, 0.15) is 0 Å². The van der Waals surface area contributed by atoms with Crippen molar-refractivity contribution in [3.05, 3.63) is 29.3 Å². The van der Waals surface area contributed by atoms with Gasteiger partial charge in [-0.2, -0.15) is 0 Å². The van der Waals surface area contributed by atoms with Gasteiger partial charge in [-0.3, -0.25) is 0 Å². The molecule has 1 saturated heterocycles. The van der Waals surface area contributed by atoms with Crippen LogP contribution in [-0.4, -0.2) is 41.7 Å². The average Bonchev–Trinajstić information content (AvgIpc) is 2.41. The lowest BCUT2D eigenvalue weighted by atomic mass is 10.0. The van der Waals surface area contributed by atoms with Crippen molar-refractivity contribution < 1.29 is 9.90 Å². The molecule has 0 aromatic heterocycles. The third kappa shape index (κ3) is 3.47. The van der Waals surface area contributed by atoms with E-state index in [4.69, 9.17) is 5.11 Å². The fourth-order valence-corrected chi connectivity index (χ4v) is 2.57. The number of nitrogens with zero attached hydrogens (tertiary/aromatic N) is 1. The first kappa shape index (κ1) is 13.9. The molecule has 1 aliphatic rings. The molecule has 0 amide bonds. The maximum absolute atomic E-state index is 10.9. The predicted octanol–water partition coefficient (Wildman–Crippen LogP) is 2.59. The smallest absolute Gasteiger partial charge is 0.335 e. The molecule has 0 unspecified atom stereocenters. The number of hydrogen-bond donors (Lipinski definition) is 2. The van der Waals surface area contributed by atoms with Gasteiger partial charge in [0.2, 0.25) is 0 Å². The molecule has 4 heteroatoms. The molecule has 1 aliphatic heterocycles. The molecule has 1 fully saturated rings. The minimum absolute atomic E-state index is 0.351. The SMILES string of the molecule is CCN1CCC(Nc2ccc(C(=O)O)cc2C)CC1. The van der Waals surface area contributed by atoms with Crippen molar-refractivity contribution in [1.29, 1.82) is 0 Å². The summed E-state index contributed by atoms with van der Waals surface area (Å²) in [5.41, 5.74) is 2.40. The van der Waals surface area contributed by atoms with Crippen molar-refractivity contribution in [2.75, 3.05) is 25.0 Å². The number of anilines is 1. The van der Waals surface area contributed by atoms with Crippen LogP contribution in [0.1, 0.15) is 35.7 Å². The van der Waals surface area contributed by atoms with Gasteiger partial charge < -0.3 is 15.3 Å².